The number of nitrogens with zero attached hydrogens (tertiary/aromatic N) is 2. The molecule has 154 valence electrons. The maximum Gasteiger partial charge on any atom is 0.339 e. The van der Waals surface area contributed by atoms with Crippen LogP contribution in [0.2, 0.25) is 0 Å². The normalized spacial score (nSPS) is 15.5. The third kappa shape index (κ3) is 3.92. The summed E-state index contributed by atoms with van der Waals surface area (Å²) in [7, 11) is 0. The van der Waals surface area contributed by atoms with Gasteiger partial charge in [0.05, 0.1) is 11.1 Å². The number of para-hydroxylation sites is 2. The van der Waals surface area contributed by atoms with E-state index in [1.54, 1.807) is 4.90 Å². The maximum absolute atomic E-state index is 13.2. The summed E-state index contributed by atoms with van der Waals surface area (Å²) in [6, 6.07) is 17.1. The summed E-state index contributed by atoms with van der Waals surface area (Å²) < 4.78 is 5.55. The van der Waals surface area contributed by atoms with E-state index in [0.29, 0.717) is 18.0 Å². The summed E-state index contributed by atoms with van der Waals surface area (Å²) in [6.45, 7) is 4.31. The lowest BCUT2D eigenvalue weighted by Crippen LogP contribution is -2.34. The van der Waals surface area contributed by atoms with Crippen LogP contribution in [0, 0.1) is 5.92 Å². The van der Waals surface area contributed by atoms with Crippen LogP contribution in [0.1, 0.15) is 41.9 Å². The predicted octanol–water partition coefficient (Wildman–Crippen LogP) is 4.57. The molecular formula is C25H26N2O3. The van der Waals surface area contributed by atoms with Gasteiger partial charge in [-0.05, 0) is 55.9 Å². The number of anilines is 1. The smallest absolute Gasteiger partial charge is 0.339 e. The van der Waals surface area contributed by atoms with E-state index in [0.717, 1.165) is 47.1 Å². The summed E-state index contributed by atoms with van der Waals surface area (Å²) in [5, 5.41) is 0.790. The molecule has 0 radical (unpaired) electrons. The van der Waals surface area contributed by atoms with Gasteiger partial charge in [0.2, 0.25) is 0 Å². The van der Waals surface area contributed by atoms with Gasteiger partial charge >= 0.3 is 5.97 Å². The van der Waals surface area contributed by atoms with Crippen LogP contribution in [0.15, 0.2) is 54.6 Å². The number of hydrogen-bond donors (Lipinski definition) is 0. The predicted molar refractivity (Wildman–Crippen MR) is 118 cm³/mol. The third-order valence-corrected chi connectivity index (χ3v) is 5.72. The fourth-order valence-electron chi connectivity index (χ4n) is 4.18. The number of esters is 1. The number of hydrogen-bond acceptors (Lipinski definition) is 4. The molecule has 1 aliphatic carbocycles. The molecule has 0 N–H and O–H groups in total. The van der Waals surface area contributed by atoms with Gasteiger partial charge in [0.15, 0.2) is 6.61 Å². The van der Waals surface area contributed by atoms with Gasteiger partial charge < -0.3 is 9.64 Å². The Morgan fingerprint density at radius 1 is 1.10 bits per heavy atom. The molecule has 5 nitrogen and oxygen atoms in total. The van der Waals surface area contributed by atoms with Crippen LogP contribution in [0.5, 0.6) is 0 Å². The zero-order chi connectivity index (χ0) is 21.1. The van der Waals surface area contributed by atoms with Crippen molar-refractivity contribution in [2.24, 2.45) is 5.92 Å². The van der Waals surface area contributed by atoms with Gasteiger partial charge in [0, 0.05) is 23.3 Å². The Morgan fingerprint density at radius 3 is 2.60 bits per heavy atom. The second kappa shape index (κ2) is 8.66. The summed E-state index contributed by atoms with van der Waals surface area (Å²) in [5.41, 5.74) is 4.10. The number of carbonyl (C=O) groups excluding carboxylic acids is 2. The molecule has 1 aromatic heterocycles. The highest BCUT2D eigenvalue weighted by Gasteiger charge is 2.27. The van der Waals surface area contributed by atoms with E-state index in [1.807, 2.05) is 61.5 Å². The Hall–Kier alpha value is -3.21. The highest BCUT2D eigenvalue weighted by molar-refractivity contribution is 6.06. The number of carbonyl (C=O) groups is 2. The van der Waals surface area contributed by atoms with Crippen LogP contribution in [-0.2, 0) is 22.4 Å². The van der Waals surface area contributed by atoms with E-state index < -0.39 is 5.97 Å². The number of ether oxygens (including phenoxy) is 1. The van der Waals surface area contributed by atoms with Crippen molar-refractivity contribution >= 4 is 28.5 Å². The second-order valence-corrected chi connectivity index (χ2v) is 7.83. The number of aryl methyl sites for hydroxylation is 1. The van der Waals surface area contributed by atoms with E-state index in [-0.39, 0.29) is 12.5 Å². The molecule has 1 amide bonds. The van der Waals surface area contributed by atoms with Crippen molar-refractivity contribution in [3.63, 3.8) is 0 Å². The Bertz CT molecular complexity index is 1080. The highest BCUT2D eigenvalue weighted by atomic mass is 16.5. The van der Waals surface area contributed by atoms with Gasteiger partial charge in [-0.1, -0.05) is 43.3 Å². The molecule has 0 fully saturated rings. The SMILES string of the molecule is CCN(C(=O)COC(=O)c1c2c(nc3ccccc13)CC[C@@H](C)C2)c1ccccc1. The van der Waals surface area contributed by atoms with E-state index >= 15 is 0 Å². The lowest BCUT2D eigenvalue weighted by Gasteiger charge is -2.24. The van der Waals surface area contributed by atoms with Gasteiger partial charge in [-0.2, -0.15) is 0 Å². The van der Waals surface area contributed by atoms with Gasteiger partial charge in [-0.25, -0.2) is 4.79 Å². The van der Waals surface area contributed by atoms with Crippen LogP contribution in [-0.4, -0.2) is 30.0 Å². The Kier molecular flexibility index (Phi) is 5.79. The van der Waals surface area contributed by atoms with E-state index in [9.17, 15) is 9.59 Å². The highest BCUT2D eigenvalue weighted by Crippen LogP contribution is 2.32. The zero-order valence-electron chi connectivity index (χ0n) is 17.4. The number of benzene rings is 2. The van der Waals surface area contributed by atoms with E-state index in [2.05, 4.69) is 6.92 Å². The number of pyridine rings is 1. The van der Waals surface area contributed by atoms with Crippen LogP contribution >= 0.6 is 0 Å². The first-order valence-electron chi connectivity index (χ1n) is 10.5. The van der Waals surface area contributed by atoms with Crippen LogP contribution in [0.25, 0.3) is 10.9 Å². The molecule has 0 spiro atoms. The molecule has 0 unspecified atom stereocenters. The number of fused-ring (bicyclic) bond motifs is 2. The largest absolute Gasteiger partial charge is 0.452 e. The maximum atomic E-state index is 13.2. The molecule has 5 heteroatoms. The van der Waals surface area contributed by atoms with Crippen molar-refractivity contribution < 1.29 is 14.3 Å². The van der Waals surface area contributed by atoms with Crippen molar-refractivity contribution in [2.45, 2.75) is 33.1 Å². The number of rotatable bonds is 5. The first kappa shape index (κ1) is 20.1. The molecule has 3 aromatic rings. The third-order valence-electron chi connectivity index (χ3n) is 5.72. The molecule has 30 heavy (non-hydrogen) atoms. The van der Waals surface area contributed by atoms with Crippen molar-refractivity contribution in [3.05, 3.63) is 71.4 Å². The number of aromatic nitrogens is 1. The topological polar surface area (TPSA) is 59.5 Å². The Labute approximate surface area is 176 Å². The summed E-state index contributed by atoms with van der Waals surface area (Å²) >= 11 is 0. The lowest BCUT2D eigenvalue weighted by molar-refractivity contribution is -0.121. The van der Waals surface area contributed by atoms with Crippen molar-refractivity contribution in [3.8, 4) is 0 Å². The van der Waals surface area contributed by atoms with Crippen molar-refractivity contribution in [1.29, 1.82) is 0 Å². The molecule has 1 heterocycles. The molecule has 2 aromatic carbocycles. The summed E-state index contributed by atoms with van der Waals surface area (Å²) in [6.07, 6.45) is 2.72. The minimum absolute atomic E-state index is 0.238. The summed E-state index contributed by atoms with van der Waals surface area (Å²) in [4.78, 5) is 32.3. The molecule has 1 atom stereocenters. The molecule has 4 rings (SSSR count). The first-order chi connectivity index (χ1) is 14.6. The number of amides is 1. The van der Waals surface area contributed by atoms with Crippen LogP contribution in [0.4, 0.5) is 5.69 Å². The standard InChI is InChI=1S/C25H26N2O3/c1-3-27(18-9-5-4-6-10-18)23(28)16-30-25(29)24-19-11-7-8-12-21(19)26-22-14-13-17(2)15-20(22)24/h4-12,17H,3,13-16H2,1-2H3/t17-/m1/s1. The summed E-state index contributed by atoms with van der Waals surface area (Å²) in [5.74, 6) is -0.198. The van der Waals surface area contributed by atoms with Gasteiger partial charge in [-0.3, -0.25) is 9.78 Å². The monoisotopic (exact) mass is 402 g/mol. The van der Waals surface area contributed by atoms with Gasteiger partial charge in [0.25, 0.3) is 5.91 Å². The molecule has 0 saturated heterocycles. The minimum Gasteiger partial charge on any atom is -0.452 e. The fourth-order valence-corrected chi connectivity index (χ4v) is 4.18. The van der Waals surface area contributed by atoms with Crippen LogP contribution in [0.3, 0.4) is 0 Å². The van der Waals surface area contributed by atoms with E-state index in [4.69, 9.17) is 9.72 Å². The number of likely N-dealkylation sites (N-methyl/N-ethyl adjacent to an activating group) is 1. The lowest BCUT2D eigenvalue weighted by atomic mass is 9.84. The molecule has 1 aliphatic rings. The molecular weight excluding hydrogens is 376 g/mol. The first-order valence-corrected chi connectivity index (χ1v) is 10.5. The Balaban J connectivity index is 1.60. The molecule has 0 saturated carbocycles. The second-order valence-electron chi connectivity index (χ2n) is 7.83. The van der Waals surface area contributed by atoms with Crippen molar-refractivity contribution in [2.75, 3.05) is 18.1 Å². The zero-order valence-corrected chi connectivity index (χ0v) is 17.4. The van der Waals surface area contributed by atoms with Gasteiger partial charge in [0.1, 0.15) is 0 Å². The quantitative estimate of drug-likeness (QED) is 0.587. The van der Waals surface area contributed by atoms with Crippen LogP contribution < -0.4 is 4.90 Å². The van der Waals surface area contributed by atoms with Gasteiger partial charge in [-0.15, -0.1) is 0 Å². The van der Waals surface area contributed by atoms with Crippen molar-refractivity contribution in [1.82, 2.24) is 4.98 Å². The average molecular weight is 402 g/mol. The fraction of sp³-hybridized carbons (Fsp3) is 0.320. The minimum atomic E-state index is -0.448. The van der Waals surface area contributed by atoms with E-state index in [1.165, 1.54) is 0 Å². The molecule has 0 aliphatic heterocycles. The average Bonchev–Trinajstić information content (AvgIpc) is 2.77. The molecule has 0 bridgehead atoms. The Morgan fingerprint density at radius 2 is 1.83 bits per heavy atom.